The number of carbonyl (C=O) groups excluding carboxylic acids is 2. The number of nitrogens with zero attached hydrogens (tertiary/aromatic N) is 1. The minimum Gasteiger partial charge on any atom is -0.386 e. The number of rotatable bonds is 3. The molecule has 3 rings (SSSR count). The van der Waals surface area contributed by atoms with Crippen molar-refractivity contribution in [3.63, 3.8) is 0 Å². The Bertz CT molecular complexity index is 530. The van der Waals surface area contributed by atoms with Gasteiger partial charge in [0.25, 0.3) is 5.91 Å². The summed E-state index contributed by atoms with van der Waals surface area (Å²) in [5.41, 5.74) is -0.645. The van der Waals surface area contributed by atoms with Crippen molar-refractivity contribution in [1.29, 1.82) is 0 Å². The molecule has 1 saturated heterocycles. The molecule has 1 aromatic rings. The van der Waals surface area contributed by atoms with E-state index in [4.69, 9.17) is 0 Å². The van der Waals surface area contributed by atoms with Crippen molar-refractivity contribution in [3.8, 4) is 0 Å². The van der Waals surface area contributed by atoms with Gasteiger partial charge in [-0.15, -0.1) is 11.3 Å². The first kappa shape index (κ1) is 12.6. The highest BCUT2D eigenvalue weighted by Crippen LogP contribution is 2.45. The Hall–Kier alpha value is -1.40. The van der Waals surface area contributed by atoms with Crippen molar-refractivity contribution in [2.24, 2.45) is 5.92 Å². The molecule has 6 heteroatoms. The standard InChI is InChI=1S/C13H16N2O3S/c1-8(16)14-11-5-4-10(19-11)12(17)15-6-13(18,7-15)9-2-3-9/h4-5,9,18H,2-3,6-7H2,1H3,(H,14,16). The molecule has 0 atom stereocenters. The molecule has 2 N–H and O–H groups in total. The molecule has 2 amide bonds. The van der Waals surface area contributed by atoms with Crippen molar-refractivity contribution in [1.82, 2.24) is 4.90 Å². The highest BCUT2D eigenvalue weighted by atomic mass is 32.1. The fourth-order valence-electron chi connectivity index (χ4n) is 2.49. The second-order valence-electron chi connectivity index (χ2n) is 5.38. The fraction of sp³-hybridized carbons (Fsp3) is 0.538. The van der Waals surface area contributed by atoms with Crippen molar-refractivity contribution < 1.29 is 14.7 Å². The number of hydrogen-bond acceptors (Lipinski definition) is 4. The molecule has 102 valence electrons. The van der Waals surface area contributed by atoms with E-state index in [0.717, 1.165) is 12.8 Å². The number of likely N-dealkylation sites (tertiary alicyclic amines) is 1. The van der Waals surface area contributed by atoms with E-state index in [9.17, 15) is 14.7 Å². The summed E-state index contributed by atoms with van der Waals surface area (Å²) in [5, 5.41) is 13.5. The molecule has 0 aromatic carbocycles. The summed E-state index contributed by atoms with van der Waals surface area (Å²) in [7, 11) is 0. The number of β-amino-alcohol motifs (C(OH)–C–C–N with tert-alkyl or cyclic N) is 1. The lowest BCUT2D eigenvalue weighted by Crippen LogP contribution is -2.64. The van der Waals surface area contributed by atoms with Crippen LogP contribution >= 0.6 is 11.3 Å². The lowest BCUT2D eigenvalue weighted by Gasteiger charge is -2.46. The summed E-state index contributed by atoms with van der Waals surface area (Å²) >= 11 is 1.27. The highest BCUT2D eigenvalue weighted by Gasteiger charge is 2.53. The van der Waals surface area contributed by atoms with E-state index in [1.165, 1.54) is 18.3 Å². The van der Waals surface area contributed by atoms with E-state index in [1.807, 2.05) is 0 Å². The van der Waals surface area contributed by atoms with Crippen LogP contribution in [0.2, 0.25) is 0 Å². The maximum absolute atomic E-state index is 12.2. The number of hydrogen-bond donors (Lipinski definition) is 2. The first-order chi connectivity index (χ1) is 8.98. The van der Waals surface area contributed by atoms with Gasteiger partial charge in [0.05, 0.1) is 23.0 Å². The topological polar surface area (TPSA) is 69.6 Å². The van der Waals surface area contributed by atoms with Gasteiger partial charge >= 0.3 is 0 Å². The Morgan fingerprint density at radius 3 is 2.68 bits per heavy atom. The quantitative estimate of drug-likeness (QED) is 0.877. The summed E-state index contributed by atoms with van der Waals surface area (Å²) in [6.45, 7) is 2.31. The maximum atomic E-state index is 12.2. The van der Waals surface area contributed by atoms with Gasteiger partial charge in [0.2, 0.25) is 5.91 Å². The number of nitrogens with one attached hydrogen (secondary N) is 1. The molecule has 5 nitrogen and oxygen atoms in total. The molecule has 1 aromatic heterocycles. The molecular formula is C13H16N2O3S. The molecule has 2 heterocycles. The molecule has 2 fully saturated rings. The number of carbonyl (C=O) groups is 2. The Balaban J connectivity index is 1.62. The lowest BCUT2D eigenvalue weighted by atomic mass is 9.88. The van der Waals surface area contributed by atoms with Crippen molar-refractivity contribution in [2.45, 2.75) is 25.4 Å². The van der Waals surface area contributed by atoms with Gasteiger partial charge in [-0.2, -0.15) is 0 Å². The summed E-state index contributed by atoms with van der Waals surface area (Å²) in [4.78, 5) is 25.4. The van der Waals surface area contributed by atoms with Gasteiger partial charge in [0, 0.05) is 6.92 Å². The smallest absolute Gasteiger partial charge is 0.264 e. The third-order valence-electron chi connectivity index (χ3n) is 3.67. The predicted molar refractivity (Wildman–Crippen MR) is 72.2 cm³/mol. The van der Waals surface area contributed by atoms with Crippen molar-refractivity contribution in [2.75, 3.05) is 18.4 Å². The molecule has 1 aliphatic heterocycles. The van der Waals surface area contributed by atoms with Crippen LogP contribution in [-0.4, -0.2) is 40.5 Å². The highest BCUT2D eigenvalue weighted by molar-refractivity contribution is 7.18. The van der Waals surface area contributed by atoms with Crippen molar-refractivity contribution in [3.05, 3.63) is 17.0 Å². The number of thiophene rings is 1. The zero-order chi connectivity index (χ0) is 13.6. The molecule has 1 aliphatic carbocycles. The number of amides is 2. The minimum absolute atomic E-state index is 0.0630. The van der Waals surface area contributed by atoms with Crippen LogP contribution in [0.15, 0.2) is 12.1 Å². The van der Waals surface area contributed by atoms with Gasteiger partial charge in [-0.1, -0.05) is 0 Å². The first-order valence-electron chi connectivity index (χ1n) is 6.37. The van der Waals surface area contributed by atoms with E-state index in [1.54, 1.807) is 17.0 Å². The van der Waals surface area contributed by atoms with E-state index < -0.39 is 5.60 Å². The Kier molecular flexibility index (Phi) is 2.87. The Morgan fingerprint density at radius 1 is 1.42 bits per heavy atom. The normalized spacial score (nSPS) is 20.8. The molecule has 1 saturated carbocycles. The summed E-state index contributed by atoms with van der Waals surface area (Å²) < 4.78 is 0. The summed E-state index contributed by atoms with van der Waals surface area (Å²) in [5.74, 6) is 0.176. The summed E-state index contributed by atoms with van der Waals surface area (Å²) in [6.07, 6.45) is 2.15. The molecular weight excluding hydrogens is 264 g/mol. The third kappa shape index (κ3) is 2.37. The van der Waals surface area contributed by atoms with Gasteiger partial charge in [0.1, 0.15) is 5.60 Å². The van der Waals surface area contributed by atoms with Crippen LogP contribution in [0.25, 0.3) is 0 Å². The fourth-order valence-corrected chi connectivity index (χ4v) is 3.41. The molecule has 0 unspecified atom stereocenters. The molecule has 2 aliphatic rings. The molecule has 19 heavy (non-hydrogen) atoms. The molecule has 0 radical (unpaired) electrons. The van der Waals surface area contributed by atoms with E-state index in [0.29, 0.717) is 28.9 Å². The first-order valence-corrected chi connectivity index (χ1v) is 7.19. The second kappa shape index (κ2) is 4.31. The van der Waals surface area contributed by atoms with Crippen LogP contribution in [0.4, 0.5) is 5.00 Å². The average Bonchev–Trinajstić information content (AvgIpc) is 3.05. The largest absolute Gasteiger partial charge is 0.386 e. The number of aliphatic hydroxyl groups is 1. The van der Waals surface area contributed by atoms with E-state index >= 15 is 0 Å². The monoisotopic (exact) mass is 280 g/mol. The van der Waals surface area contributed by atoms with E-state index in [-0.39, 0.29) is 11.8 Å². The third-order valence-corrected chi connectivity index (χ3v) is 4.66. The summed E-state index contributed by atoms with van der Waals surface area (Å²) in [6, 6.07) is 3.44. The Morgan fingerprint density at radius 2 is 2.11 bits per heavy atom. The SMILES string of the molecule is CC(=O)Nc1ccc(C(=O)N2CC(O)(C3CC3)C2)s1. The van der Waals surface area contributed by atoms with Gasteiger partial charge in [0.15, 0.2) is 0 Å². The van der Waals surface area contributed by atoms with Gasteiger partial charge in [-0.25, -0.2) is 0 Å². The average molecular weight is 280 g/mol. The van der Waals surface area contributed by atoms with E-state index in [2.05, 4.69) is 5.32 Å². The van der Waals surface area contributed by atoms with Crippen LogP contribution in [-0.2, 0) is 4.79 Å². The lowest BCUT2D eigenvalue weighted by molar-refractivity contribution is -0.114. The van der Waals surface area contributed by atoms with Crippen LogP contribution in [0.1, 0.15) is 29.4 Å². The minimum atomic E-state index is -0.645. The second-order valence-corrected chi connectivity index (χ2v) is 6.47. The maximum Gasteiger partial charge on any atom is 0.264 e. The number of anilines is 1. The zero-order valence-electron chi connectivity index (χ0n) is 10.7. The zero-order valence-corrected chi connectivity index (χ0v) is 11.5. The van der Waals surface area contributed by atoms with Crippen LogP contribution in [0, 0.1) is 5.92 Å². The van der Waals surface area contributed by atoms with Gasteiger partial charge in [-0.3, -0.25) is 9.59 Å². The van der Waals surface area contributed by atoms with Crippen LogP contribution in [0.3, 0.4) is 0 Å². The van der Waals surface area contributed by atoms with Gasteiger partial charge in [-0.05, 0) is 30.9 Å². The predicted octanol–water partition coefficient (Wildman–Crippen LogP) is 1.30. The van der Waals surface area contributed by atoms with Crippen LogP contribution in [0.5, 0.6) is 0 Å². The van der Waals surface area contributed by atoms with Crippen molar-refractivity contribution >= 4 is 28.2 Å². The Labute approximate surface area is 115 Å². The molecule has 0 spiro atoms. The van der Waals surface area contributed by atoms with Crippen LogP contribution < -0.4 is 5.32 Å². The van der Waals surface area contributed by atoms with Gasteiger partial charge < -0.3 is 15.3 Å². The molecule has 0 bridgehead atoms.